The van der Waals surface area contributed by atoms with E-state index >= 15 is 0 Å². The fourth-order valence-corrected chi connectivity index (χ4v) is 2.04. The number of hydrazone groups is 1. The third-order valence-electron chi connectivity index (χ3n) is 3.12. The summed E-state index contributed by atoms with van der Waals surface area (Å²) in [6.07, 6.45) is 5.63. The van der Waals surface area contributed by atoms with Gasteiger partial charge in [0.25, 0.3) is 5.69 Å². The van der Waals surface area contributed by atoms with Gasteiger partial charge in [0.2, 0.25) is 0 Å². The van der Waals surface area contributed by atoms with Crippen LogP contribution in [-0.4, -0.2) is 15.6 Å². The van der Waals surface area contributed by atoms with E-state index in [1.54, 1.807) is 0 Å². The van der Waals surface area contributed by atoms with Gasteiger partial charge in [0, 0.05) is 6.07 Å². The Balaban J connectivity index is 2.25. The molecule has 0 radical (unpaired) electrons. The molecule has 1 aliphatic rings. The second-order valence-electron chi connectivity index (χ2n) is 4.88. The van der Waals surface area contributed by atoms with Gasteiger partial charge in [-0.2, -0.15) is 5.10 Å². The van der Waals surface area contributed by atoms with Crippen molar-refractivity contribution in [3.8, 4) is 0 Å². The van der Waals surface area contributed by atoms with E-state index < -0.39 is 9.85 Å². The normalized spacial score (nSPS) is 19.5. The minimum atomic E-state index is -0.672. The van der Waals surface area contributed by atoms with Crippen LogP contribution in [0.4, 0.5) is 17.1 Å². The lowest BCUT2D eigenvalue weighted by atomic mass is 9.95. The topological polar surface area (TPSA) is 111 Å². The Bertz CT molecular complexity index is 639. The van der Waals surface area contributed by atoms with E-state index in [9.17, 15) is 20.2 Å². The number of nitrogens with zero attached hydrogens (tertiary/aromatic N) is 3. The molecule has 1 aromatic carbocycles. The van der Waals surface area contributed by atoms with Crippen LogP contribution in [0.2, 0.25) is 0 Å². The van der Waals surface area contributed by atoms with Crippen molar-refractivity contribution in [2.75, 3.05) is 5.43 Å². The summed E-state index contributed by atoms with van der Waals surface area (Å²) in [5, 5.41) is 25.8. The molecule has 0 bridgehead atoms. The number of allylic oxidation sites excluding steroid dienone is 2. The Morgan fingerprint density at radius 1 is 1.29 bits per heavy atom. The molecule has 0 saturated carbocycles. The summed E-state index contributed by atoms with van der Waals surface area (Å²) in [4.78, 5) is 20.3. The predicted octanol–water partition coefficient (Wildman–Crippen LogP) is 3.26. The summed E-state index contributed by atoms with van der Waals surface area (Å²) in [5.41, 5.74) is 2.84. The van der Waals surface area contributed by atoms with Gasteiger partial charge < -0.3 is 0 Å². The smallest absolute Gasteiger partial charge is 0.271 e. The number of rotatable bonds is 4. The maximum atomic E-state index is 11.0. The van der Waals surface area contributed by atoms with Crippen molar-refractivity contribution in [2.24, 2.45) is 11.0 Å². The first-order chi connectivity index (χ1) is 9.97. The molecule has 2 rings (SSSR count). The van der Waals surface area contributed by atoms with Gasteiger partial charge in [-0.25, -0.2) is 0 Å². The SMILES string of the molecule is CC1CC=CC(=NNc2ccc([N+](=O)[O-])cc2[N+](=O)[O-])C1. The fraction of sp³-hybridized carbons (Fsp3) is 0.308. The number of hydrogen-bond acceptors (Lipinski definition) is 6. The van der Waals surface area contributed by atoms with Crippen LogP contribution in [0.1, 0.15) is 19.8 Å². The lowest BCUT2D eigenvalue weighted by molar-refractivity contribution is -0.393. The van der Waals surface area contributed by atoms with Crippen molar-refractivity contribution in [3.05, 3.63) is 50.6 Å². The first kappa shape index (κ1) is 14.6. The molecule has 0 spiro atoms. The maximum absolute atomic E-state index is 11.0. The van der Waals surface area contributed by atoms with E-state index in [4.69, 9.17) is 0 Å². The zero-order valence-electron chi connectivity index (χ0n) is 11.4. The van der Waals surface area contributed by atoms with Gasteiger partial charge >= 0.3 is 5.69 Å². The van der Waals surface area contributed by atoms with Gasteiger partial charge in [0.05, 0.1) is 21.6 Å². The van der Waals surface area contributed by atoms with Gasteiger partial charge in [-0.3, -0.25) is 25.7 Å². The molecule has 8 nitrogen and oxygen atoms in total. The molecule has 1 N–H and O–H groups in total. The predicted molar refractivity (Wildman–Crippen MR) is 78.3 cm³/mol. The number of benzene rings is 1. The molecular formula is C13H14N4O4. The molecule has 0 heterocycles. The van der Waals surface area contributed by atoms with Crippen LogP contribution in [0.15, 0.2) is 35.5 Å². The van der Waals surface area contributed by atoms with Gasteiger partial charge in [-0.15, -0.1) is 0 Å². The third-order valence-corrected chi connectivity index (χ3v) is 3.12. The van der Waals surface area contributed by atoms with Crippen molar-refractivity contribution in [1.29, 1.82) is 0 Å². The average Bonchev–Trinajstić information content (AvgIpc) is 2.44. The number of nitrogens with one attached hydrogen (secondary N) is 1. The van der Waals surface area contributed by atoms with Crippen molar-refractivity contribution in [3.63, 3.8) is 0 Å². The van der Waals surface area contributed by atoms with Crippen molar-refractivity contribution in [1.82, 2.24) is 0 Å². The summed E-state index contributed by atoms with van der Waals surface area (Å²) < 4.78 is 0. The monoisotopic (exact) mass is 290 g/mol. The molecule has 21 heavy (non-hydrogen) atoms. The zero-order valence-corrected chi connectivity index (χ0v) is 11.4. The minimum Gasteiger partial charge on any atom is -0.271 e. The Morgan fingerprint density at radius 3 is 2.67 bits per heavy atom. The first-order valence-electron chi connectivity index (χ1n) is 6.39. The zero-order chi connectivity index (χ0) is 15.4. The van der Waals surface area contributed by atoms with E-state index in [0.717, 1.165) is 24.6 Å². The number of anilines is 1. The largest absolute Gasteiger partial charge is 0.301 e. The van der Waals surface area contributed by atoms with Crippen LogP contribution in [0.3, 0.4) is 0 Å². The molecule has 0 fully saturated rings. The molecule has 8 heteroatoms. The highest BCUT2D eigenvalue weighted by Gasteiger charge is 2.19. The highest BCUT2D eigenvalue weighted by atomic mass is 16.6. The molecule has 1 aliphatic carbocycles. The Morgan fingerprint density at radius 2 is 2.05 bits per heavy atom. The van der Waals surface area contributed by atoms with Crippen LogP contribution in [0.25, 0.3) is 0 Å². The van der Waals surface area contributed by atoms with Crippen LogP contribution in [0, 0.1) is 26.1 Å². The summed E-state index contributed by atoms with van der Waals surface area (Å²) in [6.45, 7) is 2.09. The molecule has 0 aliphatic heterocycles. The number of nitro groups is 2. The molecule has 0 aromatic heterocycles. The molecular weight excluding hydrogens is 276 g/mol. The van der Waals surface area contributed by atoms with E-state index in [-0.39, 0.29) is 17.1 Å². The van der Waals surface area contributed by atoms with Gasteiger partial charge in [0.1, 0.15) is 5.69 Å². The molecule has 1 aromatic rings. The highest BCUT2D eigenvalue weighted by Crippen LogP contribution is 2.29. The summed E-state index contributed by atoms with van der Waals surface area (Å²) in [6, 6.07) is 3.41. The second-order valence-corrected chi connectivity index (χ2v) is 4.88. The number of hydrogen-bond donors (Lipinski definition) is 1. The fourth-order valence-electron chi connectivity index (χ4n) is 2.04. The quantitative estimate of drug-likeness (QED) is 0.675. The summed E-state index contributed by atoms with van der Waals surface area (Å²) >= 11 is 0. The highest BCUT2D eigenvalue weighted by molar-refractivity contribution is 5.96. The molecule has 0 amide bonds. The lowest BCUT2D eigenvalue weighted by Crippen LogP contribution is -2.09. The van der Waals surface area contributed by atoms with E-state index in [1.807, 2.05) is 12.2 Å². The minimum absolute atomic E-state index is 0.129. The van der Waals surface area contributed by atoms with Crippen LogP contribution in [-0.2, 0) is 0 Å². The molecule has 110 valence electrons. The number of nitro benzene ring substituents is 2. The van der Waals surface area contributed by atoms with E-state index in [1.165, 1.54) is 12.1 Å². The van der Waals surface area contributed by atoms with E-state index in [0.29, 0.717) is 5.92 Å². The van der Waals surface area contributed by atoms with Gasteiger partial charge in [-0.1, -0.05) is 13.0 Å². The van der Waals surface area contributed by atoms with Crippen LogP contribution >= 0.6 is 0 Å². The van der Waals surface area contributed by atoms with Crippen molar-refractivity contribution in [2.45, 2.75) is 19.8 Å². The van der Waals surface area contributed by atoms with Crippen LogP contribution in [0.5, 0.6) is 0 Å². The molecule has 1 atom stereocenters. The lowest BCUT2D eigenvalue weighted by Gasteiger charge is -2.13. The van der Waals surface area contributed by atoms with E-state index in [2.05, 4.69) is 17.5 Å². The average molecular weight is 290 g/mol. The van der Waals surface area contributed by atoms with Crippen molar-refractivity contribution < 1.29 is 9.85 Å². The Labute approximate surface area is 120 Å². The number of non-ortho nitro benzene ring substituents is 1. The molecule has 0 saturated heterocycles. The van der Waals surface area contributed by atoms with Crippen LogP contribution < -0.4 is 5.43 Å². The third kappa shape index (κ3) is 3.62. The standard InChI is InChI=1S/C13H14N4O4/c1-9-3-2-4-10(7-9)14-15-12-6-5-11(16(18)19)8-13(12)17(20)21/h2,4-6,8-9,15H,3,7H2,1H3. The molecule has 1 unspecified atom stereocenters. The summed E-state index contributed by atoms with van der Waals surface area (Å²) in [7, 11) is 0. The first-order valence-corrected chi connectivity index (χ1v) is 6.39. The van der Waals surface area contributed by atoms with Gasteiger partial charge in [-0.05, 0) is 30.9 Å². The maximum Gasteiger partial charge on any atom is 0.301 e. The summed E-state index contributed by atoms with van der Waals surface area (Å²) in [5.74, 6) is 0.474. The second kappa shape index (κ2) is 6.12. The Hall–Kier alpha value is -2.77. The van der Waals surface area contributed by atoms with Gasteiger partial charge in [0.15, 0.2) is 0 Å². The Kier molecular flexibility index (Phi) is 4.27. The van der Waals surface area contributed by atoms with Crippen molar-refractivity contribution >= 4 is 22.8 Å².